The molecule has 0 fully saturated rings. The highest BCUT2D eigenvalue weighted by Gasteiger charge is 2.32. The molecule has 0 amide bonds. The minimum Gasteiger partial charge on any atom is -0.392 e. The molecule has 1 atom stereocenters. The van der Waals surface area contributed by atoms with Gasteiger partial charge in [-0.3, -0.25) is 15.8 Å². The van der Waals surface area contributed by atoms with Gasteiger partial charge in [-0.05, 0) is 33.8 Å². The van der Waals surface area contributed by atoms with Crippen LogP contribution in [0.4, 0.5) is 11.4 Å². The third kappa shape index (κ3) is 3.89. The number of halogens is 1. The summed E-state index contributed by atoms with van der Waals surface area (Å²) in [6.07, 6.45) is 0.257. The molecule has 7 heteroatoms. The number of rotatable bonds is 3. The fraction of sp³-hybridized carbons (Fsp3) is 0.500. The van der Waals surface area contributed by atoms with Crippen LogP contribution in [0, 0.1) is 15.5 Å². The summed E-state index contributed by atoms with van der Waals surface area (Å²) in [6, 6.07) is 2.72. The second-order valence-corrected chi connectivity index (χ2v) is 6.66. The van der Waals surface area contributed by atoms with E-state index in [1.54, 1.807) is 0 Å². The van der Waals surface area contributed by atoms with E-state index in [9.17, 15) is 15.2 Å². The summed E-state index contributed by atoms with van der Waals surface area (Å²) in [5, 5.41) is 21.3. The molecule has 0 aliphatic rings. The summed E-state index contributed by atoms with van der Waals surface area (Å²) in [5.41, 5.74) is 9.61. The monoisotopic (exact) mass is 331 g/mol. The third-order valence-electron chi connectivity index (χ3n) is 2.60. The van der Waals surface area contributed by atoms with Gasteiger partial charge in [-0.25, -0.2) is 0 Å². The minimum absolute atomic E-state index is 0.0142. The van der Waals surface area contributed by atoms with Crippen LogP contribution in [0.3, 0.4) is 0 Å². The molecule has 0 bridgehead atoms. The van der Waals surface area contributed by atoms with Crippen LogP contribution in [0.5, 0.6) is 0 Å². The Bertz CT molecular complexity index is 510. The molecule has 0 aliphatic heterocycles. The topological polar surface area (TPSA) is 115 Å². The van der Waals surface area contributed by atoms with Crippen molar-refractivity contribution in [1.29, 1.82) is 0 Å². The fourth-order valence-electron chi connectivity index (χ4n) is 1.91. The van der Waals surface area contributed by atoms with Gasteiger partial charge >= 0.3 is 0 Å². The van der Waals surface area contributed by atoms with Crippen LogP contribution in [0.1, 0.15) is 32.8 Å². The Morgan fingerprint density at radius 3 is 2.37 bits per heavy atom. The zero-order valence-electron chi connectivity index (χ0n) is 11.1. The summed E-state index contributed by atoms with van der Waals surface area (Å²) in [4.78, 5) is 10.3. The Labute approximate surface area is 120 Å². The lowest BCUT2D eigenvalue weighted by Gasteiger charge is -2.31. The molecule has 1 aromatic carbocycles. The standard InChI is InChI=1S/C12H18BrN3O3/c1-11(2,3)6-12(15,17)7-4-8(13)10(14)9(5-7)16(18)19/h4-5,17H,6,14-15H2,1-3H3. The van der Waals surface area contributed by atoms with Crippen LogP contribution in [-0.2, 0) is 5.72 Å². The number of nitrogen functional groups attached to an aromatic ring is 1. The summed E-state index contributed by atoms with van der Waals surface area (Å²) >= 11 is 3.14. The molecule has 0 radical (unpaired) electrons. The van der Waals surface area contributed by atoms with Crippen molar-refractivity contribution in [3.05, 3.63) is 32.3 Å². The van der Waals surface area contributed by atoms with E-state index in [2.05, 4.69) is 15.9 Å². The number of hydrogen-bond acceptors (Lipinski definition) is 5. The average molecular weight is 332 g/mol. The maximum absolute atomic E-state index is 10.9. The predicted molar refractivity (Wildman–Crippen MR) is 77.4 cm³/mol. The maximum atomic E-state index is 10.9. The molecule has 106 valence electrons. The molecule has 19 heavy (non-hydrogen) atoms. The van der Waals surface area contributed by atoms with Crippen LogP contribution < -0.4 is 11.5 Å². The van der Waals surface area contributed by atoms with E-state index >= 15 is 0 Å². The van der Waals surface area contributed by atoms with E-state index in [4.69, 9.17) is 11.5 Å². The van der Waals surface area contributed by atoms with Gasteiger partial charge in [-0.15, -0.1) is 0 Å². The number of nitrogens with two attached hydrogens (primary N) is 2. The van der Waals surface area contributed by atoms with Gasteiger partial charge < -0.3 is 10.8 Å². The van der Waals surface area contributed by atoms with Gasteiger partial charge in [0, 0.05) is 16.1 Å². The van der Waals surface area contributed by atoms with Gasteiger partial charge in [-0.2, -0.15) is 0 Å². The first-order valence-electron chi connectivity index (χ1n) is 5.69. The molecule has 0 saturated heterocycles. The molecule has 0 saturated carbocycles. The molecular formula is C12H18BrN3O3. The first-order valence-corrected chi connectivity index (χ1v) is 6.48. The number of nitro groups is 1. The summed E-state index contributed by atoms with van der Waals surface area (Å²) in [6.45, 7) is 5.77. The van der Waals surface area contributed by atoms with Crippen LogP contribution in [0.2, 0.25) is 0 Å². The molecule has 1 rings (SSSR count). The van der Waals surface area contributed by atoms with Crippen molar-refractivity contribution < 1.29 is 10.0 Å². The smallest absolute Gasteiger partial charge is 0.293 e. The van der Waals surface area contributed by atoms with Crippen LogP contribution in [0.25, 0.3) is 0 Å². The Balaban J connectivity index is 3.32. The summed E-state index contributed by atoms with van der Waals surface area (Å²) < 4.78 is 0.342. The fourth-order valence-corrected chi connectivity index (χ4v) is 2.36. The molecule has 1 unspecified atom stereocenters. The Morgan fingerprint density at radius 1 is 1.42 bits per heavy atom. The van der Waals surface area contributed by atoms with Crippen molar-refractivity contribution in [3.63, 3.8) is 0 Å². The maximum Gasteiger partial charge on any atom is 0.293 e. The van der Waals surface area contributed by atoms with Crippen molar-refractivity contribution in [2.75, 3.05) is 5.73 Å². The normalized spacial score (nSPS) is 15.1. The van der Waals surface area contributed by atoms with Crippen LogP contribution in [-0.4, -0.2) is 10.0 Å². The van der Waals surface area contributed by atoms with E-state index in [1.165, 1.54) is 12.1 Å². The molecule has 0 aliphatic carbocycles. The van der Waals surface area contributed by atoms with Gasteiger partial charge in [0.25, 0.3) is 5.69 Å². The molecule has 1 aromatic rings. The third-order valence-corrected chi connectivity index (χ3v) is 3.26. The lowest BCUT2D eigenvalue weighted by molar-refractivity contribution is -0.384. The summed E-state index contributed by atoms with van der Waals surface area (Å²) in [5.74, 6) is 0. The predicted octanol–water partition coefficient (Wildman–Crippen LogP) is 2.48. The second-order valence-electron chi connectivity index (χ2n) is 5.81. The molecule has 6 nitrogen and oxygen atoms in total. The van der Waals surface area contributed by atoms with Crippen molar-refractivity contribution in [2.45, 2.75) is 32.9 Å². The highest BCUT2D eigenvalue weighted by molar-refractivity contribution is 9.10. The molecule has 0 heterocycles. The lowest BCUT2D eigenvalue weighted by Crippen LogP contribution is -2.40. The first kappa shape index (κ1) is 15.9. The lowest BCUT2D eigenvalue weighted by atomic mass is 9.83. The molecular weight excluding hydrogens is 314 g/mol. The zero-order valence-corrected chi connectivity index (χ0v) is 12.7. The van der Waals surface area contributed by atoms with E-state index in [1.807, 2.05) is 20.8 Å². The average Bonchev–Trinajstić information content (AvgIpc) is 2.17. The SMILES string of the molecule is CC(C)(C)CC(N)(O)c1cc(Br)c(N)c([N+](=O)[O-])c1. The van der Waals surface area contributed by atoms with Crippen LogP contribution >= 0.6 is 15.9 Å². The van der Waals surface area contributed by atoms with Crippen molar-refractivity contribution >= 4 is 27.3 Å². The highest BCUT2D eigenvalue weighted by Crippen LogP contribution is 2.37. The van der Waals surface area contributed by atoms with Crippen molar-refractivity contribution in [2.24, 2.45) is 11.1 Å². The first-order chi connectivity index (χ1) is 8.44. The van der Waals surface area contributed by atoms with Crippen molar-refractivity contribution in [3.8, 4) is 0 Å². The van der Waals surface area contributed by atoms with Gasteiger partial charge in [0.2, 0.25) is 0 Å². The number of nitro benzene ring substituents is 1. The molecule has 0 spiro atoms. The van der Waals surface area contributed by atoms with Gasteiger partial charge in [0.05, 0.1) is 4.92 Å². The van der Waals surface area contributed by atoms with E-state index in [-0.39, 0.29) is 28.8 Å². The van der Waals surface area contributed by atoms with E-state index in [0.717, 1.165) is 0 Å². The van der Waals surface area contributed by atoms with E-state index in [0.29, 0.717) is 4.47 Å². The quantitative estimate of drug-likeness (QED) is 0.340. The Morgan fingerprint density at radius 2 is 1.95 bits per heavy atom. The summed E-state index contributed by atoms with van der Waals surface area (Å²) in [7, 11) is 0. The largest absolute Gasteiger partial charge is 0.392 e. The number of nitrogens with zero attached hydrogens (tertiary/aromatic N) is 1. The molecule has 5 N–H and O–H groups in total. The second kappa shape index (κ2) is 5.07. The Hall–Kier alpha value is -1.18. The highest BCUT2D eigenvalue weighted by atomic mass is 79.9. The molecule has 0 aromatic heterocycles. The number of anilines is 1. The minimum atomic E-state index is -1.65. The van der Waals surface area contributed by atoms with Crippen molar-refractivity contribution in [1.82, 2.24) is 0 Å². The van der Waals surface area contributed by atoms with Gasteiger partial charge in [0.1, 0.15) is 11.4 Å². The van der Waals surface area contributed by atoms with Gasteiger partial charge in [0.15, 0.2) is 0 Å². The Kier molecular flexibility index (Phi) is 4.23. The zero-order chi connectivity index (χ0) is 15.0. The van der Waals surface area contributed by atoms with Gasteiger partial charge in [-0.1, -0.05) is 20.8 Å². The van der Waals surface area contributed by atoms with E-state index < -0.39 is 10.6 Å². The number of benzene rings is 1. The number of hydrogen-bond donors (Lipinski definition) is 3. The van der Waals surface area contributed by atoms with Crippen LogP contribution in [0.15, 0.2) is 16.6 Å². The number of aliphatic hydroxyl groups is 1.